The van der Waals surface area contributed by atoms with Gasteiger partial charge in [-0.25, -0.2) is 0 Å². The van der Waals surface area contributed by atoms with Gasteiger partial charge in [-0.3, -0.25) is 9.59 Å². The highest BCUT2D eigenvalue weighted by molar-refractivity contribution is 7.03. The van der Waals surface area contributed by atoms with Crippen molar-refractivity contribution in [1.82, 2.24) is 0 Å². The van der Waals surface area contributed by atoms with Gasteiger partial charge in [0.15, 0.2) is 11.6 Å². The average Bonchev–Trinajstić information content (AvgIpc) is 3.35. The zero-order valence-corrected chi connectivity index (χ0v) is 34.2. The molecule has 0 saturated carbocycles. The van der Waals surface area contributed by atoms with Crippen molar-refractivity contribution in [2.24, 2.45) is 0 Å². The van der Waals surface area contributed by atoms with Gasteiger partial charge in [0.05, 0.1) is 45.5 Å². The zero-order valence-electron chi connectivity index (χ0n) is 34.2. The minimum Gasteiger partial charge on any atom is -0.307 e. The van der Waals surface area contributed by atoms with Gasteiger partial charge in [-0.15, -0.1) is 0 Å². The molecule has 294 valence electrons. The summed E-state index contributed by atoms with van der Waals surface area (Å²) in [5.41, 5.74) is 21.9. The number of fused-ring (bicyclic) bond motifs is 14. The van der Waals surface area contributed by atoms with Gasteiger partial charge in [0.1, 0.15) is 0 Å². The molecule has 0 bridgehead atoms. The fourth-order valence-electron chi connectivity index (χ4n) is 12.0. The van der Waals surface area contributed by atoms with Crippen molar-refractivity contribution >= 4 is 126 Å². The van der Waals surface area contributed by atoms with E-state index in [1.165, 1.54) is 0 Å². The van der Waals surface area contributed by atoms with E-state index in [0.29, 0.717) is 0 Å². The monoisotopic (exact) mass is 814 g/mol. The molecule has 0 fully saturated rings. The van der Waals surface area contributed by atoms with Crippen LogP contribution in [-0.4, -0.2) is 25.0 Å². The molecule has 6 aliphatic heterocycles. The molecule has 0 unspecified atom stereocenters. The molecular formula is C56H32B2N4O2. The number of carbonyl (C=O) groups excluding carboxylic acids is 2. The highest BCUT2D eigenvalue weighted by Crippen LogP contribution is 2.58. The molecule has 9 aromatic rings. The number of hydrogen-bond donors (Lipinski definition) is 0. The van der Waals surface area contributed by atoms with Crippen molar-refractivity contribution < 1.29 is 9.59 Å². The summed E-state index contributed by atoms with van der Waals surface area (Å²) in [7, 11) is 0. The molecule has 0 spiro atoms. The molecule has 0 amide bonds. The van der Waals surface area contributed by atoms with E-state index in [4.69, 9.17) is 0 Å². The Morgan fingerprint density at radius 3 is 1.09 bits per heavy atom. The third-order valence-electron chi connectivity index (χ3n) is 14.5. The maximum Gasteiger partial charge on any atom is 0.248 e. The first kappa shape index (κ1) is 34.3. The molecule has 0 atom stereocenters. The van der Waals surface area contributed by atoms with Crippen molar-refractivity contribution in [3.63, 3.8) is 0 Å². The second kappa shape index (κ2) is 12.2. The van der Waals surface area contributed by atoms with Crippen LogP contribution in [0.5, 0.6) is 0 Å². The van der Waals surface area contributed by atoms with E-state index in [1.54, 1.807) is 0 Å². The van der Waals surface area contributed by atoms with Crippen LogP contribution >= 0.6 is 0 Å². The minimum absolute atomic E-state index is 0.0508. The normalized spacial score (nSPS) is 14.8. The number of nitrogens with zero attached hydrogens (tertiary/aromatic N) is 4. The van der Waals surface area contributed by atoms with Crippen LogP contribution in [0.4, 0.5) is 68.2 Å². The van der Waals surface area contributed by atoms with Crippen LogP contribution in [0.15, 0.2) is 194 Å². The molecular weight excluding hydrogens is 782 g/mol. The number of carbonyl (C=O) groups is 2. The lowest BCUT2D eigenvalue weighted by molar-refractivity contribution is 0.103. The van der Waals surface area contributed by atoms with Gasteiger partial charge in [-0.1, -0.05) is 126 Å². The summed E-state index contributed by atoms with van der Waals surface area (Å²) in [5, 5.41) is 0. The third-order valence-corrected chi connectivity index (χ3v) is 14.5. The maximum atomic E-state index is 14.8. The summed E-state index contributed by atoms with van der Waals surface area (Å²) in [6, 6.07) is 68.0. The van der Waals surface area contributed by atoms with E-state index in [2.05, 4.69) is 189 Å². The van der Waals surface area contributed by atoms with Crippen LogP contribution in [0, 0.1) is 0 Å². The molecule has 0 aliphatic carbocycles. The maximum absolute atomic E-state index is 14.8. The molecule has 0 radical (unpaired) electrons. The summed E-state index contributed by atoms with van der Waals surface area (Å²) in [6.07, 6.45) is 0. The Bertz CT molecular complexity index is 3380. The second-order valence-corrected chi connectivity index (χ2v) is 17.4. The van der Waals surface area contributed by atoms with Crippen LogP contribution < -0.4 is 52.4 Å². The van der Waals surface area contributed by atoms with Gasteiger partial charge in [0.25, 0.3) is 0 Å². The molecule has 6 heterocycles. The Morgan fingerprint density at radius 1 is 0.281 bits per heavy atom. The third kappa shape index (κ3) is 4.13. The van der Waals surface area contributed by atoms with Gasteiger partial charge < -0.3 is 19.6 Å². The summed E-state index contributed by atoms with van der Waals surface area (Å²) in [5.74, 6) is 0.102. The van der Waals surface area contributed by atoms with Crippen LogP contribution in [0.25, 0.3) is 0 Å². The molecule has 0 aromatic heterocycles. The lowest BCUT2D eigenvalue weighted by Gasteiger charge is -2.50. The fraction of sp³-hybridized carbons (Fsp3) is 0. The number of anilines is 12. The predicted molar refractivity (Wildman–Crippen MR) is 261 cm³/mol. The largest absolute Gasteiger partial charge is 0.307 e. The minimum atomic E-state index is -0.229. The van der Waals surface area contributed by atoms with Gasteiger partial charge in [0.2, 0.25) is 13.4 Å². The van der Waals surface area contributed by atoms with Gasteiger partial charge in [-0.05, 0) is 101 Å². The van der Waals surface area contributed by atoms with Gasteiger partial charge >= 0.3 is 0 Å². The number of rotatable bonds is 2. The lowest BCUT2D eigenvalue weighted by Crippen LogP contribution is -2.66. The Kier molecular flexibility index (Phi) is 6.52. The highest BCUT2D eigenvalue weighted by atomic mass is 16.1. The van der Waals surface area contributed by atoms with Gasteiger partial charge in [0, 0.05) is 45.0 Å². The number of para-hydroxylation sites is 6. The lowest BCUT2D eigenvalue weighted by atomic mass is 9.28. The van der Waals surface area contributed by atoms with Crippen molar-refractivity contribution in [3.8, 4) is 0 Å². The molecule has 0 N–H and O–H groups in total. The summed E-state index contributed by atoms with van der Waals surface area (Å²) in [6.45, 7) is -0.457. The summed E-state index contributed by atoms with van der Waals surface area (Å²) >= 11 is 0. The summed E-state index contributed by atoms with van der Waals surface area (Å²) in [4.78, 5) is 39.1. The number of hydrogen-bond acceptors (Lipinski definition) is 6. The van der Waals surface area contributed by atoms with Crippen molar-refractivity contribution in [2.75, 3.05) is 19.6 Å². The average molecular weight is 815 g/mol. The first-order valence-electron chi connectivity index (χ1n) is 21.9. The first-order chi connectivity index (χ1) is 31.7. The zero-order chi connectivity index (χ0) is 41.9. The van der Waals surface area contributed by atoms with Crippen molar-refractivity contribution in [3.05, 3.63) is 216 Å². The topological polar surface area (TPSA) is 47.1 Å². The van der Waals surface area contributed by atoms with Crippen molar-refractivity contribution in [2.45, 2.75) is 0 Å². The van der Waals surface area contributed by atoms with Crippen LogP contribution in [0.3, 0.4) is 0 Å². The van der Waals surface area contributed by atoms with Crippen LogP contribution in [0.1, 0.15) is 31.8 Å². The van der Waals surface area contributed by atoms with E-state index in [1.807, 2.05) is 24.3 Å². The van der Waals surface area contributed by atoms with E-state index in [-0.39, 0.29) is 25.0 Å². The fourth-order valence-corrected chi connectivity index (χ4v) is 12.0. The Labute approximate surface area is 370 Å². The van der Waals surface area contributed by atoms with Crippen LogP contribution in [-0.2, 0) is 0 Å². The summed E-state index contributed by atoms with van der Waals surface area (Å²) < 4.78 is 0. The van der Waals surface area contributed by atoms with Gasteiger partial charge in [-0.2, -0.15) is 0 Å². The quantitative estimate of drug-likeness (QED) is 0.163. The second-order valence-electron chi connectivity index (χ2n) is 17.4. The molecule has 6 nitrogen and oxygen atoms in total. The smallest absolute Gasteiger partial charge is 0.248 e. The molecule has 6 aliphatic rings. The molecule has 0 saturated heterocycles. The van der Waals surface area contributed by atoms with E-state index in [9.17, 15) is 9.59 Å². The van der Waals surface area contributed by atoms with Crippen LogP contribution in [0.2, 0.25) is 0 Å². The Hall–Kier alpha value is -8.35. The molecule has 9 aromatic carbocycles. The van der Waals surface area contributed by atoms with E-state index >= 15 is 0 Å². The molecule has 15 rings (SSSR count). The Morgan fingerprint density at radius 2 is 0.656 bits per heavy atom. The Balaban J connectivity index is 1.08. The van der Waals surface area contributed by atoms with Crippen molar-refractivity contribution in [1.29, 1.82) is 0 Å². The van der Waals surface area contributed by atoms with E-state index in [0.717, 1.165) is 123 Å². The standard InChI is InChI=1S/C56H32B2N4O2/c63-55-35-19-7-9-21-39(35)57-41-31-42-50(32-49(41)61-45-25-13-11-23-43(45)59(33-15-3-1-4-16-33)47-29-27-37(55)51(57)53(47)61)62-46-26-14-12-24-44(46)60(34-17-5-2-6-18-34)48-30-28-38-52(54(48)62)58(42)40-22-10-8-20-36(40)56(38)64/h1-32H. The number of benzene rings is 9. The number of ketones is 2. The first-order valence-corrected chi connectivity index (χ1v) is 21.9. The highest BCUT2D eigenvalue weighted by Gasteiger charge is 2.51. The molecule has 64 heavy (non-hydrogen) atoms. The SMILES string of the molecule is O=C1c2ccccc2B2c3cc4c(cc3N3c5ccccc5N(c5ccccc5)c5ccc1c2c53)N1c2ccccc2N(c2ccccc2)c2ccc3c(c21)B4c1ccccc1C3=O. The molecule has 8 heteroatoms. The predicted octanol–water partition coefficient (Wildman–Crippen LogP) is 8.94. The van der Waals surface area contributed by atoms with E-state index < -0.39 is 0 Å².